The highest BCUT2D eigenvalue weighted by Gasteiger charge is 2.38. The first-order chi connectivity index (χ1) is 64.7. The summed E-state index contributed by atoms with van der Waals surface area (Å²) in [7, 11) is 0. The number of rotatable bonds is 35. The van der Waals surface area contributed by atoms with E-state index in [0.29, 0.717) is 137 Å². The highest BCUT2D eigenvalue weighted by molar-refractivity contribution is 6.42. The van der Waals surface area contributed by atoms with Crippen LogP contribution in [0.4, 0.5) is 0 Å². The van der Waals surface area contributed by atoms with Gasteiger partial charge in [-0.25, -0.2) is 0 Å². The van der Waals surface area contributed by atoms with Gasteiger partial charge in [-0.05, 0) is 202 Å². The van der Waals surface area contributed by atoms with Crippen molar-refractivity contribution < 1.29 is 38.4 Å². The normalized spacial score (nSPS) is 19.6. The van der Waals surface area contributed by atoms with Crippen LogP contribution in [0.1, 0.15) is 200 Å². The number of aliphatic imine (C=N–C) groups is 2. The van der Waals surface area contributed by atoms with E-state index in [4.69, 9.17) is 46.1 Å². The van der Waals surface area contributed by atoms with Crippen molar-refractivity contribution in [1.29, 1.82) is 0 Å². The molecule has 28 heteroatoms. The van der Waals surface area contributed by atoms with Gasteiger partial charge >= 0.3 is 0 Å². The molecule has 4 heterocycles. The Hall–Kier alpha value is -11.8. The van der Waals surface area contributed by atoms with E-state index in [0.717, 1.165) is 117 Å². The molecular formula is C105H132Cl2N18O8. The van der Waals surface area contributed by atoms with Gasteiger partial charge in [0.05, 0.1) is 40.3 Å². The number of likely N-dealkylation sites (tertiary alicyclic amines) is 1. The van der Waals surface area contributed by atoms with Crippen LogP contribution in [-0.4, -0.2) is 207 Å². The minimum atomic E-state index is -0.482. The van der Waals surface area contributed by atoms with Crippen LogP contribution in [0.3, 0.4) is 0 Å². The molecule has 133 heavy (non-hydrogen) atoms. The maximum atomic E-state index is 14.1. The molecule has 4 saturated heterocycles. The van der Waals surface area contributed by atoms with Crippen LogP contribution in [0.5, 0.6) is 0 Å². The van der Waals surface area contributed by atoms with Crippen LogP contribution >= 0.6 is 23.2 Å². The van der Waals surface area contributed by atoms with Crippen LogP contribution in [0.15, 0.2) is 234 Å². The van der Waals surface area contributed by atoms with Crippen LogP contribution < -0.4 is 65.5 Å². The molecule has 0 radical (unpaired) electrons. The number of nitrogens with one attached hydrogen (secondary N) is 8. The van der Waals surface area contributed by atoms with Crippen molar-refractivity contribution in [1.82, 2.24) is 62.1 Å². The molecule has 9 aromatic carbocycles. The first-order valence-electron chi connectivity index (χ1n) is 47.8. The Bertz CT molecular complexity index is 5310. The molecule has 2 saturated carbocycles. The summed E-state index contributed by atoms with van der Waals surface area (Å²) in [4.78, 5) is 124. The van der Waals surface area contributed by atoms with E-state index in [-0.39, 0.29) is 113 Å². The summed E-state index contributed by atoms with van der Waals surface area (Å²) in [5.41, 5.74) is 28.0. The third-order valence-corrected chi connectivity index (χ3v) is 27.3. The molecule has 0 aromatic heterocycles. The van der Waals surface area contributed by atoms with Crippen molar-refractivity contribution in [2.75, 3.05) is 91.6 Å². The third-order valence-electron chi connectivity index (χ3n) is 26.5. The number of fused-ring (bicyclic) bond motifs is 2. The second-order valence-electron chi connectivity index (χ2n) is 36.1. The standard InChI is InChI=1S/C36H47N7O3.C35H42Cl2N4O2.C34H43N7O3/c37-36(38)39-20-9-16-31-35(46)43(24-32(26-11-3-1-4-12-26)42-34(45)27-13-5-2-6-14-27)21-19-30(41-31)23-40-33(44)29-18-17-25-10-7-8-15-28(25)22-29;36-31-17-16-28(23-32(31)37)34(42)38-24-29-18-22-41(35(43)33(39-29)15-10-21-40-19-8-3-9-20-40)25-30(26-11-4-1-5-12-26)27-13-6-2-7-14-27;35-34(36)37-18-7-14-29-33(44)41(22-30(24-9-2-1-3-10-24)40-32(43)25-12-6-13-25)19-17-28(39-29)21-38-31(42)27-16-15-23-8-4-5-11-26(23)20-27/h1,3-4,7-8,10-12,15,17-18,22,27,30-32,41H,2,5-6,9,13-14,16,19-21,23-24H2,(H,40,44)(H,42,45)(H4,37,38,39);1-2,4-7,11-14,16-17,23,29-30,33,39H,3,8-10,15,18-22,24-25H2,(H,38,42);1-5,8-11,15-16,20,25,28-30,39H,6-7,12-14,17-19,21-22H2,(H,38,42)(H,40,43)(H4,35,36,37)/t30-,31-,32+;29-,33-;28-,29-,30+/m000/s1. The van der Waals surface area contributed by atoms with Crippen molar-refractivity contribution in [2.24, 2.45) is 44.8 Å². The average Bonchev–Trinajstić information content (AvgIpc) is 1.82. The molecule has 2 aliphatic carbocycles. The van der Waals surface area contributed by atoms with E-state index in [2.05, 4.69) is 106 Å². The molecule has 8 amide bonds. The van der Waals surface area contributed by atoms with Crippen LogP contribution in [0, 0.1) is 11.8 Å². The number of piperidine rings is 1. The second kappa shape index (κ2) is 50.9. The Morgan fingerprint density at radius 2 is 0.722 bits per heavy atom. The summed E-state index contributed by atoms with van der Waals surface area (Å²) >= 11 is 12.2. The van der Waals surface area contributed by atoms with Gasteiger partial charge in [-0.3, -0.25) is 48.3 Å². The lowest BCUT2D eigenvalue weighted by Gasteiger charge is -2.32. The fourth-order valence-corrected chi connectivity index (χ4v) is 19.0. The average molecular weight is 1850 g/mol. The fraction of sp³-hybridized carbons (Fsp3) is 0.429. The maximum absolute atomic E-state index is 14.1. The summed E-state index contributed by atoms with van der Waals surface area (Å²) < 4.78 is 0. The molecule has 16 N–H and O–H groups in total. The number of nitrogens with two attached hydrogens (primary N) is 4. The zero-order valence-electron chi connectivity index (χ0n) is 76.3. The largest absolute Gasteiger partial charge is 0.370 e. The van der Waals surface area contributed by atoms with E-state index >= 15 is 0 Å². The number of amides is 8. The van der Waals surface area contributed by atoms with Gasteiger partial charge in [0.2, 0.25) is 29.5 Å². The first kappa shape index (κ1) is 98.7. The summed E-state index contributed by atoms with van der Waals surface area (Å²) in [5, 5.41) is 31.3. The summed E-state index contributed by atoms with van der Waals surface area (Å²) in [6, 6.07) is 70.5. The number of carbonyl (C=O) groups excluding carboxylic acids is 8. The zero-order valence-corrected chi connectivity index (χ0v) is 77.8. The zero-order chi connectivity index (χ0) is 93.2. The monoisotopic (exact) mass is 1840 g/mol. The second-order valence-corrected chi connectivity index (χ2v) is 36.9. The van der Waals surface area contributed by atoms with Gasteiger partial charge in [-0.15, -0.1) is 0 Å². The molecule has 0 unspecified atom stereocenters. The Balaban J connectivity index is 0.000000169. The van der Waals surface area contributed by atoms with Crippen LogP contribution in [0.2, 0.25) is 10.0 Å². The number of hydrogen-bond acceptors (Lipinski definition) is 14. The number of benzene rings is 9. The molecule has 0 bridgehead atoms. The predicted molar refractivity (Wildman–Crippen MR) is 530 cm³/mol. The number of hydrogen-bond donors (Lipinski definition) is 12. The molecule has 8 atom stereocenters. The quantitative estimate of drug-likeness (QED) is 0.00997. The molecule has 704 valence electrons. The highest BCUT2D eigenvalue weighted by Crippen LogP contribution is 2.33. The van der Waals surface area contributed by atoms with Crippen molar-refractivity contribution in [3.05, 3.63) is 273 Å². The molecular weight excluding hydrogens is 1710 g/mol. The van der Waals surface area contributed by atoms with Gasteiger partial charge in [-0.2, -0.15) is 0 Å². The SMILES string of the molecule is NC(N)=NCCC[C@@H]1N[C@H](CNC(=O)c2ccc3ccccc3c2)CCN(C[C@@H](NC(=O)C2CCC2)c2ccccc2)C1=O.NC(N)=NCCC[C@@H]1N[C@H](CNC(=O)c2ccc3ccccc3c2)CCN(C[C@@H](NC(=O)C2CCCCC2)c2ccccc2)C1=O.O=C(NC[C@@H]1CCN(CC(c2ccccc2)c2ccccc2)C(=O)[C@H](CCCN2CCCCC2)N1)c1ccc(Cl)c(Cl)c1. The Morgan fingerprint density at radius 1 is 0.368 bits per heavy atom. The fourth-order valence-electron chi connectivity index (χ4n) is 18.7. The molecule has 6 aliphatic rings. The van der Waals surface area contributed by atoms with Crippen LogP contribution in [-0.2, 0) is 24.0 Å². The minimum Gasteiger partial charge on any atom is -0.370 e. The van der Waals surface area contributed by atoms with Crippen molar-refractivity contribution in [3.63, 3.8) is 0 Å². The Kier molecular flexibility index (Phi) is 37.8. The van der Waals surface area contributed by atoms with Gasteiger partial charge < -0.3 is 85.1 Å². The van der Waals surface area contributed by atoms with Gasteiger partial charge in [0.25, 0.3) is 17.7 Å². The summed E-state index contributed by atoms with van der Waals surface area (Å²) in [6.45, 7) is 8.27. The number of nitrogens with zero attached hydrogens (tertiary/aromatic N) is 6. The summed E-state index contributed by atoms with van der Waals surface area (Å²) in [5.74, 6) is -0.131. The van der Waals surface area contributed by atoms with Crippen molar-refractivity contribution in [2.45, 2.75) is 183 Å². The van der Waals surface area contributed by atoms with Crippen molar-refractivity contribution in [3.8, 4) is 0 Å². The van der Waals surface area contributed by atoms with Gasteiger partial charge in [0.15, 0.2) is 11.9 Å². The summed E-state index contributed by atoms with van der Waals surface area (Å²) in [6.07, 6.45) is 17.9. The molecule has 9 aromatic rings. The van der Waals surface area contributed by atoms with Gasteiger partial charge in [-0.1, -0.05) is 237 Å². The lowest BCUT2D eigenvalue weighted by molar-refractivity contribution is -0.134. The molecule has 0 spiro atoms. The van der Waals surface area contributed by atoms with Gasteiger partial charge in [0, 0.05) is 125 Å². The first-order valence-corrected chi connectivity index (χ1v) is 48.5. The molecule has 15 rings (SSSR count). The molecule has 26 nitrogen and oxygen atoms in total. The van der Waals surface area contributed by atoms with E-state index in [1.165, 1.54) is 36.8 Å². The van der Waals surface area contributed by atoms with Crippen molar-refractivity contribution >= 4 is 104 Å². The molecule has 4 aliphatic heterocycles. The Morgan fingerprint density at radius 3 is 1.11 bits per heavy atom. The predicted octanol–water partition coefficient (Wildman–Crippen LogP) is 12.8. The highest BCUT2D eigenvalue weighted by atomic mass is 35.5. The number of carbonyl (C=O) groups is 8. The molecule has 6 fully saturated rings. The lowest BCUT2D eigenvalue weighted by Crippen LogP contribution is -2.50. The van der Waals surface area contributed by atoms with Crippen LogP contribution in [0.25, 0.3) is 21.5 Å². The number of guanidine groups is 2. The van der Waals surface area contributed by atoms with E-state index in [1.54, 1.807) is 18.2 Å². The van der Waals surface area contributed by atoms with Gasteiger partial charge in [0.1, 0.15) is 0 Å². The van der Waals surface area contributed by atoms with E-state index in [9.17, 15) is 38.4 Å². The topological polar surface area (TPSA) is 375 Å². The maximum Gasteiger partial charge on any atom is 0.251 e. The van der Waals surface area contributed by atoms with E-state index < -0.39 is 12.1 Å². The third kappa shape index (κ3) is 29.9. The smallest absolute Gasteiger partial charge is 0.251 e. The minimum absolute atomic E-state index is 0.0142. The number of halogens is 2. The lowest BCUT2D eigenvalue weighted by atomic mass is 9.84. The van der Waals surface area contributed by atoms with E-state index in [1.807, 2.05) is 172 Å². The Labute approximate surface area is 792 Å².